The van der Waals surface area contributed by atoms with Crippen molar-refractivity contribution >= 4 is 23.4 Å². The molecule has 35 heavy (non-hydrogen) atoms. The summed E-state index contributed by atoms with van der Waals surface area (Å²) in [6.07, 6.45) is 4.47. The molecule has 7 heteroatoms. The van der Waals surface area contributed by atoms with E-state index in [1.165, 1.54) is 18.2 Å². The van der Waals surface area contributed by atoms with E-state index >= 15 is 0 Å². The van der Waals surface area contributed by atoms with Gasteiger partial charge in [-0.15, -0.1) is 0 Å². The first kappa shape index (κ1) is 26.5. The fourth-order valence-corrected chi connectivity index (χ4v) is 4.53. The third-order valence-corrected chi connectivity index (χ3v) is 6.54. The lowest BCUT2D eigenvalue weighted by atomic mass is 9.79. The van der Waals surface area contributed by atoms with Crippen LogP contribution in [0.25, 0.3) is 6.08 Å². The van der Waals surface area contributed by atoms with Crippen LogP contribution in [0.3, 0.4) is 0 Å². The lowest BCUT2D eigenvalue weighted by molar-refractivity contribution is -0.223. The van der Waals surface area contributed by atoms with Crippen molar-refractivity contribution in [2.24, 2.45) is 11.8 Å². The Balaban J connectivity index is 1.47. The number of halogens is 2. The molecule has 4 N–H and O–H groups in total. The number of carbonyl (C=O) groups is 1. The minimum absolute atomic E-state index is 0.0551. The molecule has 0 aromatic heterocycles. The van der Waals surface area contributed by atoms with Crippen LogP contribution in [0, 0.1) is 18.8 Å². The third-order valence-electron chi connectivity index (χ3n) is 6.54. The Morgan fingerprint density at radius 2 is 1.83 bits per heavy atom. The summed E-state index contributed by atoms with van der Waals surface area (Å²) in [6.45, 7) is 6.16. The number of anilines is 2. The van der Waals surface area contributed by atoms with Gasteiger partial charge in [-0.2, -0.15) is 8.78 Å². The van der Waals surface area contributed by atoms with Crippen LogP contribution in [-0.4, -0.2) is 18.7 Å². The van der Waals surface area contributed by atoms with Gasteiger partial charge in [0.1, 0.15) is 5.75 Å². The Morgan fingerprint density at radius 1 is 1.14 bits per heavy atom. The van der Waals surface area contributed by atoms with E-state index in [-0.39, 0.29) is 18.3 Å². The van der Waals surface area contributed by atoms with E-state index in [9.17, 15) is 13.6 Å². The molecule has 0 heterocycles. The topological polar surface area (TPSA) is 87.6 Å². The zero-order valence-electron chi connectivity index (χ0n) is 20.2. The van der Waals surface area contributed by atoms with Crippen molar-refractivity contribution < 1.29 is 23.0 Å². The molecular weight excluding hydrogens is 450 g/mol. The fourth-order valence-electron chi connectivity index (χ4n) is 4.53. The minimum atomic E-state index is -3.20. The van der Waals surface area contributed by atoms with Crippen LogP contribution in [0.15, 0.2) is 48.5 Å². The van der Waals surface area contributed by atoms with Gasteiger partial charge in [0.05, 0.1) is 12.5 Å². The number of alkyl halides is 2. The van der Waals surface area contributed by atoms with Crippen LogP contribution in [0.5, 0.6) is 5.75 Å². The minimum Gasteiger partial charge on any atom is -0.462 e. The number of ether oxygens (including phenoxy) is 2. The van der Waals surface area contributed by atoms with Gasteiger partial charge in [-0.1, -0.05) is 38.0 Å². The molecule has 0 aliphatic heterocycles. The Bertz CT molecular complexity index is 1000. The van der Waals surface area contributed by atoms with Gasteiger partial charge in [0.2, 0.25) is 0 Å². The van der Waals surface area contributed by atoms with E-state index in [1.807, 2.05) is 0 Å². The predicted octanol–water partition coefficient (Wildman–Crippen LogP) is 6.60. The average molecular weight is 486 g/mol. The molecule has 2 aromatic rings. The van der Waals surface area contributed by atoms with Gasteiger partial charge in [-0.05, 0) is 80.0 Å². The molecular formula is C28H35F2N2O3. The lowest BCUT2D eigenvalue weighted by Crippen LogP contribution is -2.37. The number of esters is 1. The molecule has 0 amide bonds. The smallest absolute Gasteiger partial charge is 0.400 e. The number of hydrogen-bond donors (Lipinski definition) is 2. The van der Waals surface area contributed by atoms with Crippen molar-refractivity contribution in [1.29, 1.82) is 0 Å². The van der Waals surface area contributed by atoms with Crippen molar-refractivity contribution in [3.8, 4) is 5.75 Å². The predicted molar refractivity (Wildman–Crippen MR) is 136 cm³/mol. The standard InChI is InChI=1S/C28H35F2N2O3/c1-3-4-20-5-10-22(11-6-20)28(29,30)35-24-13-7-21(8-14-24)9-16-27(33)34-18-19(2)25-15-12-23(31)17-26(25)32/h7-9,12-17,19-20,22H,2-6,10-11,18,31-32H2,1H3/b16-9+. The SMILES string of the molecule is [CH2]C(COC(=O)/C=C/c1ccc(OC(F)(F)C2CCC(CCC)CC2)cc1)c1ccc(N)cc1N. The maximum absolute atomic E-state index is 14.7. The maximum Gasteiger partial charge on any atom is 0.400 e. The third kappa shape index (κ3) is 7.70. The van der Waals surface area contributed by atoms with Crippen LogP contribution in [0.1, 0.15) is 62.5 Å². The average Bonchev–Trinajstić information content (AvgIpc) is 2.82. The highest BCUT2D eigenvalue weighted by Crippen LogP contribution is 2.41. The molecule has 189 valence electrons. The lowest BCUT2D eigenvalue weighted by Gasteiger charge is -2.33. The molecule has 3 rings (SSSR count). The molecule has 1 unspecified atom stereocenters. The van der Waals surface area contributed by atoms with Gasteiger partial charge in [0.15, 0.2) is 0 Å². The molecule has 2 aromatic carbocycles. The number of nitrogen functional groups attached to an aromatic ring is 2. The van der Waals surface area contributed by atoms with Crippen molar-refractivity contribution in [2.75, 3.05) is 18.1 Å². The summed E-state index contributed by atoms with van der Waals surface area (Å²) < 4.78 is 39.6. The second kappa shape index (κ2) is 12.0. The number of carbonyl (C=O) groups excluding carboxylic acids is 1. The number of rotatable bonds is 10. The molecule has 1 atom stereocenters. The Labute approximate surface area is 206 Å². The highest BCUT2D eigenvalue weighted by molar-refractivity contribution is 5.87. The van der Waals surface area contributed by atoms with Gasteiger partial charge in [-0.25, -0.2) is 4.79 Å². The van der Waals surface area contributed by atoms with Crippen molar-refractivity contribution in [1.82, 2.24) is 0 Å². The summed E-state index contributed by atoms with van der Waals surface area (Å²) in [6, 6.07) is 11.3. The molecule has 1 saturated carbocycles. The van der Waals surface area contributed by atoms with Crippen LogP contribution < -0.4 is 16.2 Å². The summed E-state index contributed by atoms with van der Waals surface area (Å²) in [7, 11) is 0. The van der Waals surface area contributed by atoms with E-state index in [1.54, 1.807) is 36.4 Å². The van der Waals surface area contributed by atoms with E-state index < -0.39 is 18.0 Å². The van der Waals surface area contributed by atoms with Gasteiger partial charge in [-0.3, -0.25) is 0 Å². The van der Waals surface area contributed by atoms with Crippen LogP contribution in [0.2, 0.25) is 0 Å². The molecule has 1 aliphatic rings. The number of benzene rings is 2. The Kier molecular flexibility index (Phi) is 9.13. The Morgan fingerprint density at radius 3 is 2.46 bits per heavy atom. The van der Waals surface area contributed by atoms with Gasteiger partial charge < -0.3 is 20.9 Å². The van der Waals surface area contributed by atoms with Gasteiger partial charge in [0.25, 0.3) is 0 Å². The molecule has 0 saturated heterocycles. The summed E-state index contributed by atoms with van der Waals surface area (Å²) in [5.41, 5.74) is 14.1. The summed E-state index contributed by atoms with van der Waals surface area (Å²) in [4.78, 5) is 12.1. The summed E-state index contributed by atoms with van der Waals surface area (Å²) in [5, 5.41) is 0. The zero-order chi connectivity index (χ0) is 25.4. The quantitative estimate of drug-likeness (QED) is 0.225. The summed E-state index contributed by atoms with van der Waals surface area (Å²) >= 11 is 0. The van der Waals surface area contributed by atoms with Gasteiger partial charge >= 0.3 is 12.1 Å². The fraction of sp³-hybridized carbons (Fsp3) is 0.429. The monoisotopic (exact) mass is 485 g/mol. The van der Waals surface area contributed by atoms with E-state index in [0.717, 1.165) is 31.2 Å². The summed E-state index contributed by atoms with van der Waals surface area (Å²) in [5.74, 6) is -0.983. The second-order valence-corrected chi connectivity index (χ2v) is 9.29. The van der Waals surface area contributed by atoms with Crippen LogP contribution >= 0.6 is 0 Å². The zero-order valence-corrected chi connectivity index (χ0v) is 20.2. The molecule has 1 radical (unpaired) electrons. The number of hydrogen-bond acceptors (Lipinski definition) is 5. The molecule has 1 fully saturated rings. The first-order chi connectivity index (χ1) is 16.7. The van der Waals surface area contributed by atoms with E-state index in [4.69, 9.17) is 20.9 Å². The van der Waals surface area contributed by atoms with E-state index in [2.05, 4.69) is 13.8 Å². The van der Waals surface area contributed by atoms with Gasteiger partial charge in [0, 0.05) is 23.4 Å². The maximum atomic E-state index is 14.7. The highest BCUT2D eigenvalue weighted by Gasteiger charge is 2.43. The molecule has 5 nitrogen and oxygen atoms in total. The second-order valence-electron chi connectivity index (χ2n) is 9.29. The largest absolute Gasteiger partial charge is 0.462 e. The molecule has 1 aliphatic carbocycles. The molecule has 0 spiro atoms. The number of nitrogens with two attached hydrogens (primary N) is 2. The first-order valence-electron chi connectivity index (χ1n) is 12.2. The highest BCUT2D eigenvalue weighted by atomic mass is 19.3. The first-order valence-corrected chi connectivity index (χ1v) is 12.2. The van der Waals surface area contributed by atoms with Crippen molar-refractivity contribution in [3.05, 3.63) is 66.6 Å². The van der Waals surface area contributed by atoms with Crippen LogP contribution in [-0.2, 0) is 9.53 Å². The van der Waals surface area contributed by atoms with Crippen molar-refractivity contribution in [2.45, 2.75) is 57.5 Å². The normalized spacial score (nSPS) is 19.4. The van der Waals surface area contributed by atoms with Crippen molar-refractivity contribution in [3.63, 3.8) is 0 Å². The van der Waals surface area contributed by atoms with E-state index in [0.29, 0.717) is 35.7 Å². The van der Waals surface area contributed by atoms with Crippen LogP contribution in [0.4, 0.5) is 20.2 Å². The Hall–Kier alpha value is -3.09. The molecule has 0 bridgehead atoms.